The maximum Gasteiger partial charge on any atom is 0.160 e. The van der Waals surface area contributed by atoms with Crippen molar-refractivity contribution in [2.75, 3.05) is 13.2 Å². The molecule has 4 heteroatoms. The van der Waals surface area contributed by atoms with Crippen molar-refractivity contribution < 1.29 is 20.1 Å². The SMILES string of the molecule is CCOc1ccc(C(O)CO)cc1O. The van der Waals surface area contributed by atoms with Crippen molar-refractivity contribution in [3.63, 3.8) is 0 Å². The van der Waals surface area contributed by atoms with E-state index in [1.54, 1.807) is 12.1 Å². The standard InChI is InChI=1S/C10H14O4/c1-2-14-10-4-3-7(5-8(10)12)9(13)6-11/h3-5,9,11-13H,2,6H2,1H3. The molecule has 1 aromatic carbocycles. The lowest BCUT2D eigenvalue weighted by atomic mass is 10.1. The van der Waals surface area contributed by atoms with Gasteiger partial charge in [0.1, 0.15) is 6.10 Å². The minimum absolute atomic E-state index is 0.0307. The average Bonchev–Trinajstić information content (AvgIpc) is 2.20. The molecular weight excluding hydrogens is 184 g/mol. The number of phenols is 1. The lowest BCUT2D eigenvalue weighted by molar-refractivity contribution is 0.0953. The van der Waals surface area contributed by atoms with Crippen LogP contribution < -0.4 is 4.74 Å². The number of phenolic OH excluding ortho intramolecular Hbond substituents is 1. The normalized spacial score (nSPS) is 12.5. The Bertz CT molecular complexity index is 298. The third kappa shape index (κ3) is 2.37. The average molecular weight is 198 g/mol. The van der Waals surface area contributed by atoms with Crippen molar-refractivity contribution in [2.45, 2.75) is 13.0 Å². The Balaban J connectivity index is 2.88. The Hall–Kier alpha value is -1.26. The highest BCUT2D eigenvalue weighted by Gasteiger charge is 2.09. The molecule has 0 saturated carbocycles. The zero-order valence-corrected chi connectivity index (χ0v) is 7.97. The largest absolute Gasteiger partial charge is 0.504 e. The molecule has 0 aliphatic heterocycles. The number of benzene rings is 1. The van der Waals surface area contributed by atoms with Crippen molar-refractivity contribution in [3.8, 4) is 11.5 Å². The van der Waals surface area contributed by atoms with Crippen molar-refractivity contribution >= 4 is 0 Å². The Labute approximate surface area is 82.4 Å². The topological polar surface area (TPSA) is 69.9 Å². The van der Waals surface area contributed by atoms with Crippen LogP contribution in [0.15, 0.2) is 18.2 Å². The first-order valence-electron chi connectivity index (χ1n) is 4.43. The van der Waals surface area contributed by atoms with Crippen LogP contribution in [0.2, 0.25) is 0 Å². The summed E-state index contributed by atoms with van der Waals surface area (Å²) in [6.45, 7) is 1.92. The Morgan fingerprint density at radius 3 is 2.64 bits per heavy atom. The third-order valence-electron chi connectivity index (χ3n) is 1.84. The highest BCUT2D eigenvalue weighted by molar-refractivity contribution is 5.42. The Morgan fingerprint density at radius 1 is 1.43 bits per heavy atom. The third-order valence-corrected chi connectivity index (χ3v) is 1.84. The first-order valence-corrected chi connectivity index (χ1v) is 4.43. The van der Waals surface area contributed by atoms with Gasteiger partial charge < -0.3 is 20.1 Å². The summed E-state index contributed by atoms with van der Waals surface area (Å²) < 4.78 is 5.11. The number of aromatic hydroxyl groups is 1. The highest BCUT2D eigenvalue weighted by atomic mass is 16.5. The van der Waals surface area contributed by atoms with Crippen LogP contribution in [0.3, 0.4) is 0 Å². The van der Waals surface area contributed by atoms with Crippen LogP contribution in [0.1, 0.15) is 18.6 Å². The zero-order valence-electron chi connectivity index (χ0n) is 7.97. The second-order valence-corrected chi connectivity index (χ2v) is 2.86. The summed E-state index contributed by atoms with van der Waals surface area (Å²) in [6.07, 6.45) is -0.962. The Kier molecular flexibility index (Phi) is 3.73. The van der Waals surface area contributed by atoms with E-state index in [1.807, 2.05) is 6.92 Å². The van der Waals surface area contributed by atoms with Crippen LogP contribution in [0.25, 0.3) is 0 Å². The number of hydrogen-bond donors (Lipinski definition) is 3. The quantitative estimate of drug-likeness (QED) is 0.669. The van der Waals surface area contributed by atoms with Gasteiger partial charge in [0.2, 0.25) is 0 Å². The van der Waals surface area contributed by atoms with Gasteiger partial charge in [-0.25, -0.2) is 0 Å². The molecule has 0 fully saturated rings. The summed E-state index contributed by atoms with van der Waals surface area (Å²) in [5.41, 5.74) is 0.466. The van der Waals surface area contributed by atoms with Gasteiger partial charge in [-0.05, 0) is 24.6 Å². The second kappa shape index (κ2) is 4.83. The second-order valence-electron chi connectivity index (χ2n) is 2.86. The van der Waals surface area contributed by atoms with Gasteiger partial charge in [-0.15, -0.1) is 0 Å². The molecule has 0 spiro atoms. The molecule has 0 radical (unpaired) electrons. The smallest absolute Gasteiger partial charge is 0.160 e. The van der Waals surface area contributed by atoms with Crippen LogP contribution in [-0.2, 0) is 0 Å². The molecule has 0 saturated heterocycles. The molecule has 0 aromatic heterocycles. The summed E-state index contributed by atoms with van der Waals surface area (Å²) in [6, 6.07) is 4.55. The Morgan fingerprint density at radius 2 is 2.14 bits per heavy atom. The van der Waals surface area contributed by atoms with E-state index < -0.39 is 6.10 Å². The molecule has 0 heterocycles. The maximum absolute atomic E-state index is 9.45. The summed E-state index contributed by atoms with van der Waals surface area (Å²) in [4.78, 5) is 0. The molecule has 0 bridgehead atoms. The summed E-state index contributed by atoms with van der Waals surface area (Å²) in [5.74, 6) is 0.346. The van der Waals surface area contributed by atoms with E-state index in [4.69, 9.17) is 9.84 Å². The highest BCUT2D eigenvalue weighted by Crippen LogP contribution is 2.28. The number of aliphatic hydroxyl groups excluding tert-OH is 2. The predicted molar refractivity (Wildman–Crippen MR) is 51.3 cm³/mol. The fourth-order valence-corrected chi connectivity index (χ4v) is 1.12. The van der Waals surface area contributed by atoms with Crippen LogP contribution >= 0.6 is 0 Å². The molecule has 1 atom stereocenters. The van der Waals surface area contributed by atoms with E-state index in [0.29, 0.717) is 17.9 Å². The van der Waals surface area contributed by atoms with Crippen molar-refractivity contribution in [1.82, 2.24) is 0 Å². The number of rotatable bonds is 4. The summed E-state index contributed by atoms with van der Waals surface area (Å²) in [5, 5.41) is 27.4. The molecular formula is C10H14O4. The molecule has 1 rings (SSSR count). The number of ether oxygens (including phenoxy) is 1. The van der Waals surface area contributed by atoms with Crippen LogP contribution in [0, 0.1) is 0 Å². The van der Waals surface area contributed by atoms with E-state index in [1.165, 1.54) is 6.07 Å². The van der Waals surface area contributed by atoms with Gasteiger partial charge in [0.05, 0.1) is 13.2 Å². The van der Waals surface area contributed by atoms with E-state index in [9.17, 15) is 10.2 Å². The van der Waals surface area contributed by atoms with Gasteiger partial charge in [-0.2, -0.15) is 0 Å². The fourth-order valence-electron chi connectivity index (χ4n) is 1.12. The van der Waals surface area contributed by atoms with E-state index >= 15 is 0 Å². The number of aliphatic hydroxyl groups is 2. The molecule has 1 unspecified atom stereocenters. The van der Waals surface area contributed by atoms with Gasteiger partial charge in [0.15, 0.2) is 11.5 Å². The summed E-state index contributed by atoms with van der Waals surface area (Å²) in [7, 11) is 0. The molecule has 78 valence electrons. The maximum atomic E-state index is 9.45. The van der Waals surface area contributed by atoms with Gasteiger partial charge >= 0.3 is 0 Å². The van der Waals surface area contributed by atoms with Crippen molar-refractivity contribution in [2.24, 2.45) is 0 Å². The predicted octanol–water partition coefficient (Wildman–Crippen LogP) is 0.817. The van der Waals surface area contributed by atoms with Gasteiger partial charge in [-0.3, -0.25) is 0 Å². The van der Waals surface area contributed by atoms with Crippen LogP contribution in [0.4, 0.5) is 0 Å². The van der Waals surface area contributed by atoms with Gasteiger partial charge in [0.25, 0.3) is 0 Å². The fraction of sp³-hybridized carbons (Fsp3) is 0.400. The lowest BCUT2D eigenvalue weighted by Gasteiger charge is -2.10. The van der Waals surface area contributed by atoms with E-state index in [-0.39, 0.29) is 12.4 Å². The molecule has 4 nitrogen and oxygen atoms in total. The molecule has 1 aromatic rings. The molecule has 0 aliphatic carbocycles. The summed E-state index contributed by atoms with van der Waals surface area (Å²) >= 11 is 0. The minimum atomic E-state index is -0.962. The zero-order chi connectivity index (χ0) is 10.6. The van der Waals surface area contributed by atoms with Crippen LogP contribution in [0.5, 0.6) is 11.5 Å². The van der Waals surface area contributed by atoms with E-state index in [0.717, 1.165) is 0 Å². The number of hydrogen-bond acceptors (Lipinski definition) is 4. The molecule has 0 aliphatic rings. The lowest BCUT2D eigenvalue weighted by Crippen LogP contribution is -2.02. The first kappa shape index (κ1) is 10.8. The van der Waals surface area contributed by atoms with Gasteiger partial charge in [0, 0.05) is 0 Å². The molecule has 0 amide bonds. The van der Waals surface area contributed by atoms with Crippen LogP contribution in [-0.4, -0.2) is 28.5 Å². The van der Waals surface area contributed by atoms with Gasteiger partial charge in [-0.1, -0.05) is 6.07 Å². The van der Waals surface area contributed by atoms with Crippen molar-refractivity contribution in [3.05, 3.63) is 23.8 Å². The monoisotopic (exact) mass is 198 g/mol. The van der Waals surface area contributed by atoms with Crippen molar-refractivity contribution in [1.29, 1.82) is 0 Å². The van der Waals surface area contributed by atoms with E-state index in [2.05, 4.69) is 0 Å². The minimum Gasteiger partial charge on any atom is -0.504 e. The first-order chi connectivity index (χ1) is 6.69. The molecule has 14 heavy (non-hydrogen) atoms. The molecule has 3 N–H and O–H groups in total.